The van der Waals surface area contributed by atoms with E-state index in [0.29, 0.717) is 6.42 Å². The molecule has 0 aliphatic carbocycles. The highest BCUT2D eigenvalue weighted by atomic mass is 79.9. The second-order valence-corrected chi connectivity index (χ2v) is 6.57. The second kappa shape index (κ2) is 6.14. The first kappa shape index (κ1) is 16.0. The number of nitrogens with zero attached hydrogens (tertiary/aromatic N) is 2. The van der Waals surface area contributed by atoms with E-state index in [-0.39, 0.29) is 5.78 Å². The molecule has 2 rings (SSSR count). The fraction of sp³-hybridized carbons (Fsp3) is 0.412. The molecule has 0 aliphatic rings. The van der Waals surface area contributed by atoms with E-state index in [9.17, 15) is 4.79 Å². The van der Waals surface area contributed by atoms with Crippen LogP contribution in [0.15, 0.2) is 34.8 Å². The number of hydrogen-bond acceptors (Lipinski definition) is 2. The number of carbonyl (C=O) groups is 1. The smallest absolute Gasteiger partial charge is 0.148 e. The highest BCUT2D eigenvalue weighted by molar-refractivity contribution is 9.10. The van der Waals surface area contributed by atoms with Crippen molar-refractivity contribution in [3.8, 4) is 0 Å². The minimum atomic E-state index is -0.503. The molecule has 0 fully saturated rings. The Kier molecular flexibility index (Phi) is 4.67. The molecule has 0 spiro atoms. The van der Waals surface area contributed by atoms with E-state index in [4.69, 9.17) is 0 Å². The van der Waals surface area contributed by atoms with Crippen molar-refractivity contribution >= 4 is 21.7 Å². The van der Waals surface area contributed by atoms with E-state index in [2.05, 4.69) is 28.0 Å². The van der Waals surface area contributed by atoms with E-state index in [1.165, 1.54) is 0 Å². The van der Waals surface area contributed by atoms with Crippen molar-refractivity contribution in [2.45, 2.75) is 39.0 Å². The number of aryl methyl sites for hydroxylation is 2. The number of Topliss-reactive ketones (excluding diaryl/α,β-unsaturated/α-hetero) is 1. The minimum Gasteiger partial charge on any atom is -0.298 e. The highest BCUT2D eigenvalue weighted by Gasteiger charge is 2.30. The maximum atomic E-state index is 12.8. The normalized spacial score (nSPS) is 11.7. The zero-order chi connectivity index (χ0) is 15.6. The summed E-state index contributed by atoms with van der Waals surface area (Å²) in [6, 6.07) is 9.93. The third-order valence-corrected chi connectivity index (χ3v) is 4.94. The van der Waals surface area contributed by atoms with Crippen LogP contribution < -0.4 is 0 Å². The van der Waals surface area contributed by atoms with E-state index in [1.807, 2.05) is 55.9 Å². The first-order valence-corrected chi connectivity index (χ1v) is 7.96. The Labute approximate surface area is 134 Å². The first-order valence-electron chi connectivity index (χ1n) is 7.17. The van der Waals surface area contributed by atoms with Gasteiger partial charge < -0.3 is 0 Å². The molecule has 21 heavy (non-hydrogen) atoms. The van der Waals surface area contributed by atoms with Gasteiger partial charge in [-0.25, -0.2) is 0 Å². The molecular weight excluding hydrogens is 328 g/mol. The van der Waals surface area contributed by atoms with Gasteiger partial charge >= 0.3 is 0 Å². The largest absolute Gasteiger partial charge is 0.298 e. The molecule has 2 aromatic rings. The third-order valence-electron chi connectivity index (χ3n) is 4.02. The van der Waals surface area contributed by atoms with Crippen molar-refractivity contribution in [3.05, 3.63) is 51.8 Å². The molecule has 1 aromatic heterocycles. The summed E-state index contributed by atoms with van der Waals surface area (Å²) in [5.41, 5.74) is 2.49. The van der Waals surface area contributed by atoms with E-state index in [1.54, 1.807) is 0 Å². The van der Waals surface area contributed by atoms with Crippen molar-refractivity contribution in [2.24, 2.45) is 7.05 Å². The average molecular weight is 349 g/mol. The van der Waals surface area contributed by atoms with Gasteiger partial charge in [0.25, 0.3) is 0 Å². The first-order chi connectivity index (χ1) is 9.87. The number of ketones is 1. The van der Waals surface area contributed by atoms with Gasteiger partial charge in [0.2, 0.25) is 0 Å². The van der Waals surface area contributed by atoms with E-state index < -0.39 is 5.41 Å². The summed E-state index contributed by atoms with van der Waals surface area (Å²) in [4.78, 5) is 12.8. The predicted octanol–water partition coefficient (Wildman–Crippen LogP) is 3.83. The van der Waals surface area contributed by atoms with Gasteiger partial charge in [-0.2, -0.15) is 5.10 Å². The molecule has 4 heteroatoms. The maximum Gasteiger partial charge on any atom is 0.148 e. The molecule has 0 unspecified atom stereocenters. The lowest BCUT2D eigenvalue weighted by Crippen LogP contribution is -2.31. The molecule has 0 saturated heterocycles. The maximum absolute atomic E-state index is 12.8. The number of rotatable bonds is 5. The lowest BCUT2D eigenvalue weighted by molar-refractivity contribution is -0.122. The van der Waals surface area contributed by atoms with Crippen LogP contribution in [0.2, 0.25) is 0 Å². The Morgan fingerprint density at radius 3 is 2.43 bits per heavy atom. The summed E-state index contributed by atoms with van der Waals surface area (Å²) in [5.74, 6) is 0.194. The standard InChI is InChI=1S/C17H21BrN2O/c1-5-13-16(18)14(20(4)19-13)11-15(21)17(2,3)12-9-7-6-8-10-12/h6-10H,5,11H2,1-4H3. The zero-order valence-electron chi connectivity index (χ0n) is 13.0. The minimum absolute atomic E-state index is 0.194. The van der Waals surface area contributed by atoms with Crippen LogP contribution in [0.25, 0.3) is 0 Å². The van der Waals surface area contributed by atoms with Crippen LogP contribution in [0, 0.1) is 0 Å². The molecule has 0 atom stereocenters. The number of carbonyl (C=O) groups excluding carboxylic acids is 1. The summed E-state index contributed by atoms with van der Waals surface area (Å²) >= 11 is 3.58. The second-order valence-electron chi connectivity index (χ2n) is 5.78. The van der Waals surface area contributed by atoms with Crippen LogP contribution in [0.1, 0.15) is 37.7 Å². The van der Waals surface area contributed by atoms with E-state index >= 15 is 0 Å². The monoisotopic (exact) mass is 348 g/mol. The van der Waals surface area contributed by atoms with Crippen LogP contribution in [-0.4, -0.2) is 15.6 Å². The number of halogens is 1. The van der Waals surface area contributed by atoms with Crippen molar-refractivity contribution < 1.29 is 4.79 Å². The van der Waals surface area contributed by atoms with Gasteiger partial charge in [0, 0.05) is 12.5 Å². The molecule has 1 aromatic carbocycles. The molecule has 0 bridgehead atoms. The summed E-state index contributed by atoms with van der Waals surface area (Å²) < 4.78 is 2.77. The van der Waals surface area contributed by atoms with E-state index in [0.717, 1.165) is 27.8 Å². The zero-order valence-corrected chi connectivity index (χ0v) is 14.6. The van der Waals surface area contributed by atoms with Gasteiger partial charge in [0.1, 0.15) is 5.78 Å². The van der Waals surface area contributed by atoms with Crippen molar-refractivity contribution in [1.82, 2.24) is 9.78 Å². The van der Waals surface area contributed by atoms with Crippen LogP contribution in [0.5, 0.6) is 0 Å². The quantitative estimate of drug-likeness (QED) is 0.822. The lowest BCUT2D eigenvalue weighted by atomic mass is 9.79. The number of aromatic nitrogens is 2. The molecule has 0 aliphatic heterocycles. The molecule has 112 valence electrons. The predicted molar refractivity (Wildman–Crippen MR) is 88.5 cm³/mol. The summed E-state index contributed by atoms with van der Waals surface area (Å²) in [6.07, 6.45) is 1.23. The van der Waals surface area contributed by atoms with Gasteiger partial charge in [-0.05, 0) is 41.8 Å². The Hall–Kier alpha value is -1.42. The van der Waals surface area contributed by atoms with Gasteiger partial charge in [-0.15, -0.1) is 0 Å². The molecule has 3 nitrogen and oxygen atoms in total. The topological polar surface area (TPSA) is 34.9 Å². The fourth-order valence-electron chi connectivity index (χ4n) is 2.40. The Bertz CT molecular complexity index is 644. The van der Waals surface area contributed by atoms with Crippen molar-refractivity contribution in [1.29, 1.82) is 0 Å². The molecule has 0 radical (unpaired) electrons. The number of hydrogen-bond donors (Lipinski definition) is 0. The van der Waals surface area contributed by atoms with Crippen LogP contribution in [0.3, 0.4) is 0 Å². The van der Waals surface area contributed by atoms with Crippen molar-refractivity contribution in [2.75, 3.05) is 0 Å². The number of benzene rings is 1. The van der Waals surface area contributed by atoms with Crippen LogP contribution >= 0.6 is 15.9 Å². The van der Waals surface area contributed by atoms with Gasteiger partial charge in [0.15, 0.2) is 0 Å². The summed E-state index contributed by atoms with van der Waals surface area (Å²) in [6.45, 7) is 6.03. The van der Waals surface area contributed by atoms with Crippen LogP contribution in [0.4, 0.5) is 0 Å². The molecule has 1 heterocycles. The Balaban J connectivity index is 2.28. The van der Waals surface area contributed by atoms with Gasteiger partial charge in [-0.1, -0.05) is 37.3 Å². The fourth-order valence-corrected chi connectivity index (χ4v) is 3.16. The molecule has 0 saturated carbocycles. The van der Waals surface area contributed by atoms with Crippen molar-refractivity contribution in [3.63, 3.8) is 0 Å². The molecule has 0 N–H and O–H groups in total. The molecule has 0 amide bonds. The summed E-state index contributed by atoms with van der Waals surface area (Å²) in [5, 5.41) is 4.45. The molecular formula is C17H21BrN2O. The average Bonchev–Trinajstić information content (AvgIpc) is 2.75. The van der Waals surface area contributed by atoms with Gasteiger partial charge in [0.05, 0.1) is 22.3 Å². The Morgan fingerprint density at radius 2 is 1.90 bits per heavy atom. The van der Waals surface area contributed by atoms with Crippen LogP contribution in [-0.2, 0) is 30.1 Å². The summed E-state index contributed by atoms with van der Waals surface area (Å²) in [7, 11) is 1.89. The Morgan fingerprint density at radius 1 is 1.29 bits per heavy atom. The lowest BCUT2D eigenvalue weighted by Gasteiger charge is -2.23. The third kappa shape index (κ3) is 3.10. The highest BCUT2D eigenvalue weighted by Crippen LogP contribution is 2.28. The van der Waals surface area contributed by atoms with Gasteiger partial charge in [-0.3, -0.25) is 9.48 Å². The SMILES string of the molecule is CCc1nn(C)c(CC(=O)C(C)(C)c2ccccc2)c1Br.